The quantitative estimate of drug-likeness (QED) is 0.707. The molecule has 0 aliphatic rings. The zero-order valence-corrected chi connectivity index (χ0v) is 12.9. The molecule has 5 nitrogen and oxygen atoms in total. The molecule has 0 spiro atoms. The van der Waals surface area contributed by atoms with Gasteiger partial charge in [-0.2, -0.15) is 23.0 Å². The molecular formula is C12H11BrF3N3O2. The molecule has 0 N–H and O–H groups in total. The number of carbonyl (C=O) groups is 1. The van der Waals surface area contributed by atoms with E-state index in [1.54, 1.807) is 20.8 Å². The smallest absolute Gasteiger partial charge is 0.435 e. The molecule has 0 radical (unpaired) electrons. The normalized spacial score (nSPS) is 12.7. The molecule has 0 aliphatic carbocycles. The third-order valence-electron chi connectivity index (χ3n) is 2.38. The van der Waals surface area contributed by atoms with Gasteiger partial charge in [0.25, 0.3) is 0 Å². The summed E-state index contributed by atoms with van der Waals surface area (Å²) in [6.07, 6.45) is -4.42. The summed E-state index contributed by atoms with van der Waals surface area (Å²) in [5.41, 5.74) is -1.68. The number of hydrogen-bond donors (Lipinski definition) is 0. The first kappa shape index (κ1) is 15.7. The van der Waals surface area contributed by atoms with Crippen LogP contribution < -0.4 is 0 Å². The van der Waals surface area contributed by atoms with E-state index in [0.29, 0.717) is 0 Å². The van der Waals surface area contributed by atoms with E-state index in [4.69, 9.17) is 4.74 Å². The zero-order valence-electron chi connectivity index (χ0n) is 11.3. The molecule has 2 heterocycles. The number of halogens is 4. The summed E-state index contributed by atoms with van der Waals surface area (Å²) in [5, 5.41) is 3.98. The minimum atomic E-state index is -4.57. The van der Waals surface area contributed by atoms with E-state index < -0.39 is 23.6 Å². The molecular weight excluding hydrogens is 355 g/mol. The summed E-state index contributed by atoms with van der Waals surface area (Å²) in [7, 11) is 0. The van der Waals surface area contributed by atoms with Crippen LogP contribution in [0.2, 0.25) is 0 Å². The van der Waals surface area contributed by atoms with Crippen LogP contribution in [0.25, 0.3) is 10.9 Å². The topological polar surface area (TPSA) is 57.0 Å². The average molecular weight is 366 g/mol. The molecule has 2 aromatic heterocycles. The van der Waals surface area contributed by atoms with Crippen molar-refractivity contribution in [1.29, 1.82) is 0 Å². The Morgan fingerprint density at radius 3 is 2.48 bits per heavy atom. The van der Waals surface area contributed by atoms with E-state index in [1.165, 1.54) is 0 Å². The van der Waals surface area contributed by atoms with Crippen molar-refractivity contribution in [3.63, 3.8) is 0 Å². The molecule has 0 amide bonds. The Kier molecular flexibility index (Phi) is 3.73. The van der Waals surface area contributed by atoms with Crippen molar-refractivity contribution >= 4 is 32.9 Å². The second kappa shape index (κ2) is 4.97. The Balaban J connectivity index is 2.52. The second-order valence-corrected chi connectivity index (χ2v) is 6.02. The van der Waals surface area contributed by atoms with E-state index in [-0.39, 0.29) is 15.5 Å². The molecule has 2 aromatic rings. The van der Waals surface area contributed by atoms with Crippen molar-refractivity contribution in [1.82, 2.24) is 14.8 Å². The van der Waals surface area contributed by atoms with E-state index in [1.807, 2.05) is 0 Å². The van der Waals surface area contributed by atoms with Gasteiger partial charge in [0.2, 0.25) is 0 Å². The van der Waals surface area contributed by atoms with Crippen LogP contribution in [-0.4, -0.2) is 26.5 Å². The first-order chi connectivity index (χ1) is 9.49. The molecule has 0 bridgehead atoms. The summed E-state index contributed by atoms with van der Waals surface area (Å²) < 4.78 is 44.0. The molecule has 9 heteroatoms. The summed E-state index contributed by atoms with van der Waals surface area (Å²) in [5.74, 6) is 0. The number of aromatic nitrogens is 3. The van der Waals surface area contributed by atoms with Gasteiger partial charge in [-0.15, -0.1) is 0 Å². The number of carbonyl (C=O) groups excluding carboxylic acids is 1. The first-order valence-corrected chi connectivity index (χ1v) is 6.63. The highest BCUT2D eigenvalue weighted by Crippen LogP contribution is 2.32. The Labute approximate surface area is 126 Å². The van der Waals surface area contributed by atoms with Gasteiger partial charge in [0, 0.05) is 5.39 Å². The first-order valence-electron chi connectivity index (χ1n) is 5.84. The van der Waals surface area contributed by atoms with Crippen LogP contribution in [0.5, 0.6) is 0 Å². The lowest BCUT2D eigenvalue weighted by Gasteiger charge is -2.19. The second-order valence-electron chi connectivity index (χ2n) is 5.27. The Hall–Kier alpha value is -1.64. The van der Waals surface area contributed by atoms with Gasteiger partial charge >= 0.3 is 12.3 Å². The minimum absolute atomic E-state index is 0.108. The Bertz CT molecular complexity index is 704. The lowest BCUT2D eigenvalue weighted by atomic mass is 10.2. The van der Waals surface area contributed by atoms with Crippen LogP contribution in [0.1, 0.15) is 26.5 Å². The summed E-state index contributed by atoms with van der Waals surface area (Å²) in [4.78, 5) is 15.3. The number of nitrogens with zero attached hydrogens (tertiary/aromatic N) is 3. The molecule has 21 heavy (non-hydrogen) atoms. The van der Waals surface area contributed by atoms with Crippen molar-refractivity contribution < 1.29 is 22.7 Å². The molecule has 0 fully saturated rings. The van der Waals surface area contributed by atoms with Gasteiger partial charge < -0.3 is 4.74 Å². The fourth-order valence-corrected chi connectivity index (χ4v) is 2.05. The van der Waals surface area contributed by atoms with Gasteiger partial charge in [-0.05, 0) is 42.8 Å². The Morgan fingerprint density at radius 2 is 1.95 bits per heavy atom. The maximum atomic E-state index is 12.6. The van der Waals surface area contributed by atoms with Gasteiger partial charge in [0.15, 0.2) is 0 Å². The maximum absolute atomic E-state index is 12.6. The van der Waals surface area contributed by atoms with E-state index in [0.717, 1.165) is 16.9 Å². The summed E-state index contributed by atoms with van der Waals surface area (Å²) in [6.45, 7) is 5.02. The van der Waals surface area contributed by atoms with Crippen molar-refractivity contribution in [2.24, 2.45) is 0 Å². The third kappa shape index (κ3) is 3.34. The Morgan fingerprint density at radius 1 is 1.33 bits per heavy atom. The number of pyridine rings is 1. The van der Waals surface area contributed by atoms with Gasteiger partial charge in [-0.25, -0.2) is 9.78 Å². The number of ether oxygens (including phenoxy) is 1. The van der Waals surface area contributed by atoms with Crippen LogP contribution in [0.4, 0.5) is 18.0 Å². The number of hydrogen-bond acceptors (Lipinski definition) is 4. The number of fused-ring (bicyclic) bond motifs is 1. The highest BCUT2D eigenvalue weighted by Gasteiger charge is 2.33. The molecule has 0 saturated carbocycles. The van der Waals surface area contributed by atoms with Crippen molar-refractivity contribution in [3.05, 3.63) is 22.6 Å². The van der Waals surface area contributed by atoms with E-state index >= 15 is 0 Å². The molecule has 0 aromatic carbocycles. The number of rotatable bonds is 0. The lowest BCUT2D eigenvalue weighted by molar-refractivity contribution is -0.141. The largest absolute Gasteiger partial charge is 0.442 e. The lowest BCUT2D eigenvalue weighted by Crippen LogP contribution is -2.27. The standard InChI is InChI=1S/C12H11BrF3N3O2/c1-11(2,3)21-10(20)19-7-5-17-8(12(14,15)16)4-6(7)9(13)18-19/h4-5H,1-3H3. The SMILES string of the molecule is CC(C)(C)OC(=O)n1nc(Br)c2cc(C(F)(F)F)ncc21. The fourth-order valence-electron chi connectivity index (χ4n) is 1.58. The monoisotopic (exact) mass is 365 g/mol. The molecule has 114 valence electrons. The fraction of sp³-hybridized carbons (Fsp3) is 0.417. The van der Waals surface area contributed by atoms with E-state index in [9.17, 15) is 18.0 Å². The third-order valence-corrected chi connectivity index (χ3v) is 2.96. The number of alkyl halides is 3. The van der Waals surface area contributed by atoms with Crippen LogP contribution in [-0.2, 0) is 10.9 Å². The molecule has 2 rings (SSSR count). The molecule has 0 atom stereocenters. The van der Waals surface area contributed by atoms with Gasteiger partial charge in [-0.1, -0.05) is 0 Å². The molecule has 0 unspecified atom stereocenters. The van der Waals surface area contributed by atoms with Crippen LogP contribution >= 0.6 is 15.9 Å². The van der Waals surface area contributed by atoms with Gasteiger partial charge in [0.1, 0.15) is 21.4 Å². The van der Waals surface area contributed by atoms with E-state index in [2.05, 4.69) is 26.0 Å². The maximum Gasteiger partial charge on any atom is 0.435 e. The predicted molar refractivity (Wildman–Crippen MR) is 71.9 cm³/mol. The van der Waals surface area contributed by atoms with Crippen molar-refractivity contribution in [2.45, 2.75) is 32.5 Å². The van der Waals surface area contributed by atoms with Crippen LogP contribution in [0, 0.1) is 0 Å². The van der Waals surface area contributed by atoms with Crippen LogP contribution in [0.15, 0.2) is 16.9 Å². The van der Waals surface area contributed by atoms with Crippen molar-refractivity contribution in [2.75, 3.05) is 0 Å². The molecule has 0 aliphatic heterocycles. The highest BCUT2D eigenvalue weighted by molar-refractivity contribution is 9.10. The van der Waals surface area contributed by atoms with Crippen LogP contribution in [0.3, 0.4) is 0 Å². The minimum Gasteiger partial charge on any atom is -0.442 e. The molecule has 0 saturated heterocycles. The highest BCUT2D eigenvalue weighted by atomic mass is 79.9. The average Bonchev–Trinajstić information content (AvgIpc) is 2.63. The van der Waals surface area contributed by atoms with Gasteiger partial charge in [-0.3, -0.25) is 0 Å². The zero-order chi connectivity index (χ0) is 16.0. The summed E-state index contributed by atoms with van der Waals surface area (Å²) in [6, 6.07) is 0.827. The van der Waals surface area contributed by atoms with Gasteiger partial charge in [0.05, 0.1) is 6.20 Å². The predicted octanol–water partition coefficient (Wildman–Crippen LogP) is 4.00. The van der Waals surface area contributed by atoms with Crippen molar-refractivity contribution in [3.8, 4) is 0 Å². The summed E-state index contributed by atoms with van der Waals surface area (Å²) >= 11 is 3.03.